The Morgan fingerprint density at radius 2 is 2.00 bits per heavy atom. The standard InChI is InChI=1S/C16H16F3NO2/c1-2-22-15(21)13-8-11-10-6-4-3-5-9(10)7-12(14(11)20-13)16(17,18)19/h7-8,20H,2-6H2,1H3. The molecule has 1 N–H and O–H groups in total. The molecular formula is C16H16F3NO2. The average Bonchev–Trinajstić information content (AvgIpc) is 2.91. The molecule has 6 heteroatoms. The Balaban J connectivity index is 2.24. The summed E-state index contributed by atoms with van der Waals surface area (Å²) >= 11 is 0. The summed E-state index contributed by atoms with van der Waals surface area (Å²) < 4.78 is 44.8. The average molecular weight is 311 g/mol. The number of carbonyl (C=O) groups is 1. The Labute approximate surface area is 125 Å². The molecule has 1 aliphatic rings. The highest BCUT2D eigenvalue weighted by Crippen LogP contribution is 2.39. The second-order valence-electron chi connectivity index (χ2n) is 5.46. The zero-order valence-corrected chi connectivity index (χ0v) is 12.1. The van der Waals surface area contributed by atoms with E-state index in [-0.39, 0.29) is 17.8 Å². The van der Waals surface area contributed by atoms with Crippen molar-refractivity contribution in [3.8, 4) is 0 Å². The Hall–Kier alpha value is -1.98. The highest BCUT2D eigenvalue weighted by molar-refractivity contribution is 5.97. The van der Waals surface area contributed by atoms with Crippen molar-refractivity contribution < 1.29 is 22.7 Å². The van der Waals surface area contributed by atoms with Gasteiger partial charge in [0.1, 0.15) is 5.69 Å². The van der Waals surface area contributed by atoms with Crippen molar-refractivity contribution in [2.75, 3.05) is 6.61 Å². The molecule has 3 rings (SSSR count). The van der Waals surface area contributed by atoms with Gasteiger partial charge in [-0.25, -0.2) is 4.79 Å². The number of halogens is 3. The van der Waals surface area contributed by atoms with Gasteiger partial charge in [-0.3, -0.25) is 0 Å². The summed E-state index contributed by atoms with van der Waals surface area (Å²) in [4.78, 5) is 14.4. The number of H-pyrrole nitrogens is 1. The summed E-state index contributed by atoms with van der Waals surface area (Å²) in [5.41, 5.74) is 0.998. The topological polar surface area (TPSA) is 42.1 Å². The minimum Gasteiger partial charge on any atom is -0.461 e. The Morgan fingerprint density at radius 1 is 1.27 bits per heavy atom. The number of benzene rings is 1. The van der Waals surface area contributed by atoms with Crippen molar-refractivity contribution in [3.05, 3.63) is 34.5 Å². The lowest BCUT2D eigenvalue weighted by Gasteiger charge is -2.19. The molecule has 0 atom stereocenters. The van der Waals surface area contributed by atoms with Crippen LogP contribution in [0.4, 0.5) is 13.2 Å². The molecule has 0 unspecified atom stereocenters. The number of fused-ring (bicyclic) bond motifs is 3. The maximum atomic E-state index is 13.3. The molecule has 2 aromatic rings. The third-order valence-electron chi connectivity index (χ3n) is 4.04. The summed E-state index contributed by atoms with van der Waals surface area (Å²) in [6.07, 6.45) is -1.22. The molecule has 22 heavy (non-hydrogen) atoms. The van der Waals surface area contributed by atoms with Crippen LogP contribution in [0.3, 0.4) is 0 Å². The van der Waals surface area contributed by atoms with Gasteiger partial charge in [-0.05, 0) is 55.9 Å². The van der Waals surface area contributed by atoms with E-state index in [1.54, 1.807) is 6.92 Å². The van der Waals surface area contributed by atoms with Crippen LogP contribution in [0.25, 0.3) is 10.9 Å². The minimum absolute atomic E-state index is 0.0174. The summed E-state index contributed by atoms with van der Waals surface area (Å²) in [5, 5.41) is 0.493. The summed E-state index contributed by atoms with van der Waals surface area (Å²) in [7, 11) is 0. The van der Waals surface area contributed by atoms with Crippen molar-refractivity contribution in [2.24, 2.45) is 0 Å². The first-order valence-corrected chi connectivity index (χ1v) is 7.33. The number of aryl methyl sites for hydroxylation is 2. The Kier molecular flexibility index (Phi) is 3.62. The molecule has 0 saturated carbocycles. The van der Waals surface area contributed by atoms with Crippen LogP contribution in [0.2, 0.25) is 0 Å². The van der Waals surface area contributed by atoms with Crippen molar-refractivity contribution in [1.29, 1.82) is 0 Å². The van der Waals surface area contributed by atoms with Crippen LogP contribution in [0.5, 0.6) is 0 Å². The number of ether oxygens (including phenoxy) is 1. The van der Waals surface area contributed by atoms with E-state index in [2.05, 4.69) is 4.98 Å². The van der Waals surface area contributed by atoms with Gasteiger partial charge in [-0.2, -0.15) is 13.2 Å². The lowest BCUT2D eigenvalue weighted by molar-refractivity contribution is -0.136. The van der Waals surface area contributed by atoms with Crippen molar-refractivity contribution in [3.63, 3.8) is 0 Å². The van der Waals surface area contributed by atoms with Crippen molar-refractivity contribution in [2.45, 2.75) is 38.8 Å². The molecule has 0 radical (unpaired) electrons. The van der Waals surface area contributed by atoms with E-state index in [1.807, 2.05) is 0 Å². The molecule has 0 spiro atoms. The van der Waals surface area contributed by atoms with E-state index in [1.165, 1.54) is 12.1 Å². The second-order valence-corrected chi connectivity index (χ2v) is 5.46. The first kappa shape index (κ1) is 14.9. The van der Waals surface area contributed by atoms with Crippen molar-refractivity contribution in [1.82, 2.24) is 4.98 Å². The molecule has 1 aromatic carbocycles. The predicted molar refractivity (Wildman–Crippen MR) is 75.9 cm³/mol. The number of carbonyl (C=O) groups excluding carboxylic acids is 1. The van der Waals surface area contributed by atoms with E-state index in [0.717, 1.165) is 30.4 Å². The van der Waals surface area contributed by atoms with Gasteiger partial charge in [0.2, 0.25) is 0 Å². The van der Waals surface area contributed by atoms with Gasteiger partial charge in [0.05, 0.1) is 17.7 Å². The smallest absolute Gasteiger partial charge is 0.418 e. The number of alkyl halides is 3. The van der Waals surface area contributed by atoms with Crippen LogP contribution >= 0.6 is 0 Å². The number of aromatic amines is 1. The fourth-order valence-electron chi connectivity index (χ4n) is 3.09. The molecule has 3 nitrogen and oxygen atoms in total. The number of esters is 1. The molecule has 0 fully saturated rings. The first-order valence-electron chi connectivity index (χ1n) is 7.33. The molecule has 0 amide bonds. The van der Waals surface area contributed by atoms with Gasteiger partial charge in [0, 0.05) is 5.39 Å². The third kappa shape index (κ3) is 2.46. The highest BCUT2D eigenvalue weighted by atomic mass is 19.4. The number of aromatic nitrogens is 1. The van der Waals surface area contributed by atoms with E-state index in [0.29, 0.717) is 11.8 Å². The highest BCUT2D eigenvalue weighted by Gasteiger charge is 2.35. The minimum atomic E-state index is -4.46. The Bertz CT molecular complexity index is 731. The molecule has 1 heterocycles. The molecule has 0 bridgehead atoms. The van der Waals surface area contributed by atoms with E-state index in [9.17, 15) is 18.0 Å². The summed E-state index contributed by atoms with van der Waals surface area (Å²) in [5.74, 6) is -0.628. The van der Waals surface area contributed by atoms with Crippen LogP contribution in [0, 0.1) is 0 Å². The van der Waals surface area contributed by atoms with Gasteiger partial charge in [0.25, 0.3) is 0 Å². The van der Waals surface area contributed by atoms with Crippen LogP contribution < -0.4 is 0 Å². The first-order chi connectivity index (χ1) is 10.4. The predicted octanol–water partition coefficient (Wildman–Crippen LogP) is 4.24. The van der Waals surface area contributed by atoms with Gasteiger partial charge >= 0.3 is 12.1 Å². The molecule has 118 valence electrons. The van der Waals surface area contributed by atoms with Crippen LogP contribution in [-0.2, 0) is 23.8 Å². The summed E-state index contributed by atoms with van der Waals surface area (Å²) in [6.45, 7) is 1.84. The molecular weight excluding hydrogens is 295 g/mol. The number of nitrogens with one attached hydrogen (secondary N) is 1. The van der Waals surface area contributed by atoms with Gasteiger partial charge in [-0.15, -0.1) is 0 Å². The summed E-state index contributed by atoms with van der Waals surface area (Å²) in [6, 6.07) is 2.72. The van der Waals surface area contributed by atoms with E-state index < -0.39 is 17.7 Å². The molecule has 1 aliphatic carbocycles. The normalized spacial score (nSPS) is 14.9. The van der Waals surface area contributed by atoms with Gasteiger partial charge < -0.3 is 9.72 Å². The van der Waals surface area contributed by atoms with E-state index in [4.69, 9.17) is 4.74 Å². The molecule has 0 saturated heterocycles. The van der Waals surface area contributed by atoms with Gasteiger partial charge in [-0.1, -0.05) is 0 Å². The molecule has 0 aliphatic heterocycles. The third-order valence-corrected chi connectivity index (χ3v) is 4.04. The maximum Gasteiger partial charge on any atom is 0.418 e. The number of hydrogen-bond acceptors (Lipinski definition) is 2. The van der Waals surface area contributed by atoms with Crippen molar-refractivity contribution >= 4 is 16.9 Å². The number of hydrogen-bond donors (Lipinski definition) is 1. The van der Waals surface area contributed by atoms with E-state index >= 15 is 0 Å². The zero-order valence-electron chi connectivity index (χ0n) is 12.1. The Morgan fingerprint density at radius 3 is 2.68 bits per heavy atom. The fourth-order valence-corrected chi connectivity index (χ4v) is 3.09. The number of rotatable bonds is 2. The lowest BCUT2D eigenvalue weighted by Crippen LogP contribution is -2.11. The van der Waals surface area contributed by atoms with Crippen LogP contribution in [0.15, 0.2) is 12.1 Å². The SMILES string of the molecule is CCOC(=O)c1cc2c3c(cc(C(F)(F)F)c2[nH]1)CCCC3. The van der Waals surface area contributed by atoms with Crippen LogP contribution in [-0.4, -0.2) is 17.6 Å². The largest absolute Gasteiger partial charge is 0.461 e. The second kappa shape index (κ2) is 5.34. The maximum absolute atomic E-state index is 13.3. The van der Waals surface area contributed by atoms with Gasteiger partial charge in [0.15, 0.2) is 0 Å². The van der Waals surface area contributed by atoms with Crippen LogP contribution in [0.1, 0.15) is 46.9 Å². The quantitative estimate of drug-likeness (QED) is 0.843. The zero-order chi connectivity index (χ0) is 15.9. The monoisotopic (exact) mass is 311 g/mol. The fraction of sp³-hybridized carbons (Fsp3) is 0.438. The molecule has 1 aromatic heterocycles. The lowest BCUT2D eigenvalue weighted by atomic mass is 9.87.